The molecule has 0 fully saturated rings. The Kier molecular flexibility index (Phi) is 4.10. The van der Waals surface area contributed by atoms with Crippen LogP contribution in [-0.2, 0) is 0 Å². The zero-order valence-electron chi connectivity index (χ0n) is 13.0. The number of hydrogen-bond acceptors (Lipinski definition) is 3. The van der Waals surface area contributed by atoms with Crippen LogP contribution < -0.4 is 15.4 Å². The Morgan fingerprint density at radius 3 is 2.52 bits per heavy atom. The van der Waals surface area contributed by atoms with Gasteiger partial charge < -0.3 is 15.4 Å². The molecular formula is C18H17N3O2. The van der Waals surface area contributed by atoms with Gasteiger partial charge in [-0.05, 0) is 31.2 Å². The predicted molar refractivity (Wildman–Crippen MR) is 92.1 cm³/mol. The summed E-state index contributed by atoms with van der Waals surface area (Å²) in [7, 11) is 1.57. The molecule has 5 nitrogen and oxygen atoms in total. The molecule has 0 aliphatic rings. The van der Waals surface area contributed by atoms with Crippen LogP contribution >= 0.6 is 0 Å². The molecule has 0 aliphatic carbocycles. The quantitative estimate of drug-likeness (QED) is 0.762. The van der Waals surface area contributed by atoms with Crippen molar-refractivity contribution in [2.75, 3.05) is 17.7 Å². The first-order valence-corrected chi connectivity index (χ1v) is 7.25. The Morgan fingerprint density at radius 2 is 1.70 bits per heavy atom. The van der Waals surface area contributed by atoms with Crippen LogP contribution in [0.5, 0.6) is 5.75 Å². The summed E-state index contributed by atoms with van der Waals surface area (Å²) in [6, 6.07) is 16.5. The maximum atomic E-state index is 12.3. The van der Waals surface area contributed by atoms with E-state index in [1.54, 1.807) is 19.2 Å². The third-order valence-electron chi connectivity index (χ3n) is 3.45. The van der Waals surface area contributed by atoms with Gasteiger partial charge in [-0.15, -0.1) is 0 Å². The summed E-state index contributed by atoms with van der Waals surface area (Å²) in [4.78, 5) is 16.8. The normalized spacial score (nSPS) is 10.3. The van der Waals surface area contributed by atoms with Gasteiger partial charge in [-0.2, -0.15) is 0 Å². The molecule has 0 radical (unpaired) electrons. The minimum Gasteiger partial charge on any atom is -0.495 e. The molecular weight excluding hydrogens is 290 g/mol. The summed E-state index contributed by atoms with van der Waals surface area (Å²) in [6.45, 7) is 1.90. The van der Waals surface area contributed by atoms with Crippen molar-refractivity contribution >= 4 is 28.3 Å². The van der Waals surface area contributed by atoms with Gasteiger partial charge in [0.25, 0.3) is 0 Å². The van der Waals surface area contributed by atoms with E-state index < -0.39 is 0 Å². The minimum atomic E-state index is -0.328. The van der Waals surface area contributed by atoms with Crippen LogP contribution in [0.15, 0.2) is 54.6 Å². The second-order valence-corrected chi connectivity index (χ2v) is 5.11. The zero-order chi connectivity index (χ0) is 16.2. The number of ether oxygens (including phenoxy) is 1. The second kappa shape index (κ2) is 6.36. The van der Waals surface area contributed by atoms with Crippen molar-refractivity contribution in [2.45, 2.75) is 6.92 Å². The van der Waals surface area contributed by atoms with Crippen LogP contribution in [0.4, 0.5) is 16.2 Å². The summed E-state index contributed by atoms with van der Waals surface area (Å²) in [5.74, 6) is 0.610. The smallest absolute Gasteiger partial charge is 0.323 e. The van der Waals surface area contributed by atoms with E-state index >= 15 is 0 Å². The molecule has 0 bridgehead atoms. The van der Waals surface area contributed by atoms with E-state index in [9.17, 15) is 4.79 Å². The minimum absolute atomic E-state index is 0.328. The molecule has 0 saturated carbocycles. The number of carbonyl (C=O) groups is 1. The Labute approximate surface area is 134 Å². The number of anilines is 2. The molecule has 3 aromatic rings. The van der Waals surface area contributed by atoms with Gasteiger partial charge in [0.2, 0.25) is 0 Å². The SMILES string of the molecule is COc1ccccc1NC(=O)Nc1cc(C)nc2ccccc12. The van der Waals surface area contributed by atoms with Crippen molar-refractivity contribution in [2.24, 2.45) is 0 Å². The highest BCUT2D eigenvalue weighted by atomic mass is 16.5. The highest BCUT2D eigenvalue weighted by molar-refractivity contribution is 6.06. The number of carbonyl (C=O) groups excluding carboxylic acids is 1. The Hall–Kier alpha value is -3.08. The number of rotatable bonds is 3. The third-order valence-corrected chi connectivity index (χ3v) is 3.45. The van der Waals surface area contributed by atoms with E-state index in [1.807, 2.05) is 49.4 Å². The first-order chi connectivity index (χ1) is 11.2. The van der Waals surface area contributed by atoms with Crippen molar-refractivity contribution in [1.29, 1.82) is 0 Å². The Balaban J connectivity index is 1.86. The maximum Gasteiger partial charge on any atom is 0.323 e. The van der Waals surface area contributed by atoms with Crippen molar-refractivity contribution in [1.82, 2.24) is 4.98 Å². The van der Waals surface area contributed by atoms with Crippen molar-refractivity contribution in [3.8, 4) is 5.75 Å². The number of hydrogen-bond donors (Lipinski definition) is 2. The van der Waals surface area contributed by atoms with Crippen molar-refractivity contribution < 1.29 is 9.53 Å². The van der Waals surface area contributed by atoms with Gasteiger partial charge in [0.1, 0.15) is 5.75 Å². The summed E-state index contributed by atoms with van der Waals surface area (Å²) >= 11 is 0. The molecule has 0 atom stereocenters. The van der Waals surface area contributed by atoms with E-state index in [1.165, 1.54) is 0 Å². The number of pyridine rings is 1. The standard InChI is InChI=1S/C18H17N3O2/c1-12-11-16(13-7-3-4-8-14(13)19-12)21-18(22)20-15-9-5-6-10-17(15)23-2/h3-11H,1-2H3,(H2,19,20,21,22). The molecule has 5 heteroatoms. The molecule has 0 unspecified atom stereocenters. The number of aromatic nitrogens is 1. The highest BCUT2D eigenvalue weighted by Gasteiger charge is 2.10. The van der Waals surface area contributed by atoms with Gasteiger partial charge in [-0.3, -0.25) is 4.98 Å². The second-order valence-electron chi connectivity index (χ2n) is 5.11. The van der Waals surface area contributed by atoms with E-state index in [-0.39, 0.29) is 6.03 Å². The van der Waals surface area contributed by atoms with Gasteiger partial charge in [0, 0.05) is 11.1 Å². The predicted octanol–water partition coefficient (Wildman–Crippen LogP) is 4.20. The van der Waals surface area contributed by atoms with Crippen LogP contribution in [0.2, 0.25) is 0 Å². The molecule has 1 aromatic heterocycles. The monoisotopic (exact) mass is 307 g/mol. The first kappa shape index (κ1) is 14.8. The van der Waals surface area contributed by atoms with E-state index in [0.29, 0.717) is 11.4 Å². The van der Waals surface area contributed by atoms with Crippen LogP contribution in [0.3, 0.4) is 0 Å². The lowest BCUT2D eigenvalue weighted by atomic mass is 10.1. The maximum absolute atomic E-state index is 12.3. The Morgan fingerprint density at radius 1 is 1.00 bits per heavy atom. The third kappa shape index (κ3) is 3.23. The zero-order valence-corrected chi connectivity index (χ0v) is 13.0. The fourth-order valence-electron chi connectivity index (χ4n) is 2.44. The number of fused-ring (bicyclic) bond motifs is 1. The number of nitrogens with one attached hydrogen (secondary N) is 2. The molecule has 2 aromatic carbocycles. The van der Waals surface area contributed by atoms with Crippen molar-refractivity contribution in [3.63, 3.8) is 0 Å². The van der Waals surface area contributed by atoms with Crippen LogP contribution in [-0.4, -0.2) is 18.1 Å². The largest absolute Gasteiger partial charge is 0.495 e. The van der Waals surface area contributed by atoms with E-state index in [2.05, 4.69) is 15.6 Å². The lowest BCUT2D eigenvalue weighted by Gasteiger charge is -2.12. The number of benzene rings is 2. The van der Waals surface area contributed by atoms with Gasteiger partial charge in [-0.1, -0.05) is 30.3 Å². The number of amides is 2. The summed E-state index contributed by atoms with van der Waals surface area (Å²) in [6.07, 6.45) is 0. The summed E-state index contributed by atoms with van der Waals surface area (Å²) < 4.78 is 5.23. The number of aryl methyl sites for hydroxylation is 1. The first-order valence-electron chi connectivity index (χ1n) is 7.25. The van der Waals surface area contributed by atoms with Gasteiger partial charge in [0.05, 0.1) is 24.0 Å². The lowest BCUT2D eigenvalue weighted by molar-refractivity contribution is 0.262. The molecule has 2 amide bonds. The fraction of sp³-hybridized carbons (Fsp3) is 0.111. The molecule has 1 heterocycles. The number of urea groups is 1. The van der Waals surface area contributed by atoms with Crippen molar-refractivity contribution in [3.05, 3.63) is 60.3 Å². The Bertz CT molecular complexity index is 862. The molecule has 2 N–H and O–H groups in total. The molecule has 0 aliphatic heterocycles. The topological polar surface area (TPSA) is 63.2 Å². The van der Waals surface area contributed by atoms with E-state index in [4.69, 9.17) is 4.74 Å². The molecule has 116 valence electrons. The number of methoxy groups -OCH3 is 1. The van der Waals surface area contributed by atoms with Gasteiger partial charge >= 0.3 is 6.03 Å². The molecule has 0 saturated heterocycles. The average molecular weight is 307 g/mol. The average Bonchev–Trinajstić information content (AvgIpc) is 2.55. The number of nitrogens with zero attached hydrogens (tertiary/aromatic N) is 1. The molecule has 3 rings (SSSR count). The molecule has 23 heavy (non-hydrogen) atoms. The molecule has 0 spiro atoms. The number of para-hydroxylation sites is 3. The lowest BCUT2D eigenvalue weighted by Crippen LogP contribution is -2.20. The highest BCUT2D eigenvalue weighted by Crippen LogP contribution is 2.25. The summed E-state index contributed by atoms with van der Waals surface area (Å²) in [5.41, 5.74) is 3.03. The van der Waals surface area contributed by atoms with Gasteiger partial charge in [-0.25, -0.2) is 4.79 Å². The summed E-state index contributed by atoms with van der Waals surface area (Å²) in [5, 5.41) is 6.58. The van der Waals surface area contributed by atoms with Crippen LogP contribution in [0.25, 0.3) is 10.9 Å². The van der Waals surface area contributed by atoms with Crippen LogP contribution in [0, 0.1) is 6.92 Å². The van der Waals surface area contributed by atoms with E-state index in [0.717, 1.165) is 22.3 Å². The van der Waals surface area contributed by atoms with Crippen LogP contribution in [0.1, 0.15) is 5.69 Å². The van der Waals surface area contributed by atoms with Gasteiger partial charge in [0.15, 0.2) is 0 Å². The fourth-order valence-corrected chi connectivity index (χ4v) is 2.44.